The first-order valence-electron chi connectivity index (χ1n) is 5.57. The molecule has 0 saturated heterocycles. The Morgan fingerprint density at radius 1 is 1.33 bits per heavy atom. The maximum atomic E-state index is 13.4. The van der Waals surface area contributed by atoms with Crippen molar-refractivity contribution in [2.75, 3.05) is 0 Å². The summed E-state index contributed by atoms with van der Waals surface area (Å²) in [6.07, 6.45) is 1.79. The highest BCUT2D eigenvalue weighted by molar-refractivity contribution is 5.29. The molecule has 1 unspecified atom stereocenters. The van der Waals surface area contributed by atoms with Gasteiger partial charge in [0.2, 0.25) is 0 Å². The van der Waals surface area contributed by atoms with Crippen LogP contribution in [-0.2, 0) is 0 Å². The lowest BCUT2D eigenvalue weighted by Gasteiger charge is -2.13. The number of aliphatic hydroxyl groups excluding tert-OH is 1. The van der Waals surface area contributed by atoms with Crippen molar-refractivity contribution in [3.8, 4) is 0 Å². The van der Waals surface area contributed by atoms with Crippen LogP contribution in [0.15, 0.2) is 18.2 Å². The third kappa shape index (κ3) is 2.20. The molecule has 2 rings (SSSR count). The zero-order valence-corrected chi connectivity index (χ0v) is 9.20. The van der Waals surface area contributed by atoms with Crippen LogP contribution in [0.4, 0.5) is 4.39 Å². The number of rotatable bonds is 3. The zero-order valence-electron chi connectivity index (χ0n) is 9.20. The highest BCUT2D eigenvalue weighted by atomic mass is 19.1. The molecule has 0 heterocycles. The van der Waals surface area contributed by atoms with Crippen LogP contribution in [0.5, 0.6) is 0 Å². The Labute approximate surface area is 89.9 Å². The van der Waals surface area contributed by atoms with E-state index in [1.807, 2.05) is 19.9 Å². The fraction of sp³-hybridized carbons (Fsp3) is 0.538. The second-order valence-electron chi connectivity index (χ2n) is 4.72. The van der Waals surface area contributed by atoms with Crippen LogP contribution in [0.25, 0.3) is 0 Å². The molecule has 1 N–H and O–H groups in total. The van der Waals surface area contributed by atoms with E-state index < -0.39 is 6.10 Å². The summed E-state index contributed by atoms with van der Waals surface area (Å²) < 4.78 is 13.4. The molecule has 1 atom stereocenters. The summed E-state index contributed by atoms with van der Waals surface area (Å²) in [7, 11) is 0. The lowest BCUT2D eigenvalue weighted by atomic mass is 9.96. The largest absolute Gasteiger partial charge is 0.388 e. The molecule has 15 heavy (non-hydrogen) atoms. The van der Waals surface area contributed by atoms with Crippen LogP contribution < -0.4 is 0 Å². The van der Waals surface area contributed by atoms with Gasteiger partial charge in [-0.05, 0) is 41.9 Å². The number of hydrogen-bond acceptors (Lipinski definition) is 1. The van der Waals surface area contributed by atoms with E-state index in [1.165, 1.54) is 6.07 Å². The number of halogens is 1. The molecule has 1 aliphatic rings. The minimum Gasteiger partial charge on any atom is -0.388 e. The van der Waals surface area contributed by atoms with Crippen molar-refractivity contribution in [2.24, 2.45) is 5.92 Å². The van der Waals surface area contributed by atoms with E-state index in [9.17, 15) is 9.50 Å². The average Bonchev–Trinajstić information content (AvgIpc) is 3.00. The Kier molecular flexibility index (Phi) is 2.79. The lowest BCUT2D eigenvalue weighted by Crippen LogP contribution is -2.02. The molecule has 1 nitrogen and oxygen atoms in total. The number of hydrogen-bond donors (Lipinski definition) is 1. The lowest BCUT2D eigenvalue weighted by molar-refractivity contribution is 0.153. The molecule has 1 fully saturated rings. The minimum absolute atomic E-state index is 0.163. The molecule has 0 aromatic heterocycles. The molecule has 2 heteroatoms. The molecule has 0 amide bonds. The first kappa shape index (κ1) is 10.6. The summed E-state index contributed by atoms with van der Waals surface area (Å²) >= 11 is 0. The topological polar surface area (TPSA) is 20.2 Å². The van der Waals surface area contributed by atoms with Crippen LogP contribution in [0.1, 0.15) is 49.8 Å². The Bertz CT molecular complexity index is 356. The predicted octanol–water partition coefficient (Wildman–Crippen LogP) is 3.39. The molecule has 1 aliphatic carbocycles. The fourth-order valence-corrected chi connectivity index (χ4v) is 1.87. The second kappa shape index (κ2) is 3.93. The molecule has 1 aromatic carbocycles. The van der Waals surface area contributed by atoms with E-state index in [0.717, 1.165) is 18.4 Å². The average molecular weight is 208 g/mol. The minimum atomic E-state index is -0.400. The van der Waals surface area contributed by atoms with Crippen molar-refractivity contribution in [3.05, 3.63) is 35.1 Å². The molecule has 82 valence electrons. The van der Waals surface area contributed by atoms with Crippen molar-refractivity contribution in [3.63, 3.8) is 0 Å². The molecule has 1 aromatic rings. The normalized spacial score (nSPS) is 18.2. The standard InChI is InChI=1S/C13H17FO/c1-8(2)11-7-10(5-6-12(11)14)13(15)9-3-4-9/h5-9,13,15H,3-4H2,1-2H3. The van der Waals surface area contributed by atoms with Gasteiger partial charge in [-0.25, -0.2) is 4.39 Å². The molecule has 1 saturated carbocycles. The maximum Gasteiger partial charge on any atom is 0.126 e. The maximum absolute atomic E-state index is 13.4. The fourth-order valence-electron chi connectivity index (χ4n) is 1.87. The third-order valence-corrected chi connectivity index (χ3v) is 3.05. The summed E-state index contributed by atoms with van der Waals surface area (Å²) in [4.78, 5) is 0. The Balaban J connectivity index is 2.28. The first-order chi connectivity index (χ1) is 7.09. The molecule has 0 spiro atoms. The van der Waals surface area contributed by atoms with Gasteiger partial charge in [-0.15, -0.1) is 0 Å². The molecule has 0 aliphatic heterocycles. The van der Waals surface area contributed by atoms with Gasteiger partial charge in [-0.1, -0.05) is 26.0 Å². The van der Waals surface area contributed by atoms with Crippen LogP contribution in [0.3, 0.4) is 0 Å². The van der Waals surface area contributed by atoms with E-state index in [1.54, 1.807) is 6.07 Å². The first-order valence-corrected chi connectivity index (χ1v) is 5.57. The van der Waals surface area contributed by atoms with Gasteiger partial charge in [0.15, 0.2) is 0 Å². The highest BCUT2D eigenvalue weighted by Crippen LogP contribution is 2.41. The van der Waals surface area contributed by atoms with Crippen molar-refractivity contribution in [1.82, 2.24) is 0 Å². The molecular formula is C13H17FO. The summed E-state index contributed by atoms with van der Waals surface area (Å²) in [6.45, 7) is 3.93. The Morgan fingerprint density at radius 3 is 2.53 bits per heavy atom. The summed E-state index contributed by atoms with van der Waals surface area (Å²) in [6, 6.07) is 4.98. The van der Waals surface area contributed by atoms with E-state index >= 15 is 0 Å². The zero-order chi connectivity index (χ0) is 11.0. The van der Waals surface area contributed by atoms with Gasteiger partial charge in [0.05, 0.1) is 6.10 Å². The molecular weight excluding hydrogens is 191 g/mol. The van der Waals surface area contributed by atoms with Gasteiger partial charge in [-0.3, -0.25) is 0 Å². The predicted molar refractivity (Wildman–Crippen MR) is 58.2 cm³/mol. The van der Waals surface area contributed by atoms with E-state index in [2.05, 4.69) is 0 Å². The van der Waals surface area contributed by atoms with Crippen molar-refractivity contribution in [2.45, 2.75) is 38.7 Å². The number of aliphatic hydroxyl groups is 1. The van der Waals surface area contributed by atoms with Crippen LogP contribution >= 0.6 is 0 Å². The summed E-state index contributed by atoms with van der Waals surface area (Å²) in [5.74, 6) is 0.392. The smallest absolute Gasteiger partial charge is 0.126 e. The number of benzene rings is 1. The van der Waals surface area contributed by atoms with Crippen molar-refractivity contribution in [1.29, 1.82) is 0 Å². The Morgan fingerprint density at radius 2 is 2.00 bits per heavy atom. The van der Waals surface area contributed by atoms with Crippen LogP contribution in [0, 0.1) is 11.7 Å². The monoisotopic (exact) mass is 208 g/mol. The van der Waals surface area contributed by atoms with Crippen molar-refractivity contribution >= 4 is 0 Å². The summed E-state index contributed by atoms with van der Waals surface area (Å²) in [5.41, 5.74) is 1.56. The quantitative estimate of drug-likeness (QED) is 0.807. The van der Waals surface area contributed by atoms with Gasteiger partial charge >= 0.3 is 0 Å². The summed E-state index contributed by atoms with van der Waals surface area (Å²) in [5, 5.41) is 9.93. The van der Waals surface area contributed by atoms with E-state index in [4.69, 9.17) is 0 Å². The highest BCUT2D eigenvalue weighted by Gasteiger charge is 2.31. The van der Waals surface area contributed by atoms with Gasteiger partial charge in [-0.2, -0.15) is 0 Å². The van der Waals surface area contributed by atoms with Gasteiger partial charge in [0.25, 0.3) is 0 Å². The second-order valence-corrected chi connectivity index (χ2v) is 4.72. The van der Waals surface area contributed by atoms with E-state index in [0.29, 0.717) is 11.5 Å². The van der Waals surface area contributed by atoms with E-state index in [-0.39, 0.29) is 11.7 Å². The molecule has 0 bridgehead atoms. The van der Waals surface area contributed by atoms with Crippen LogP contribution in [0.2, 0.25) is 0 Å². The van der Waals surface area contributed by atoms with Gasteiger partial charge in [0.1, 0.15) is 5.82 Å². The van der Waals surface area contributed by atoms with Gasteiger partial charge < -0.3 is 5.11 Å². The van der Waals surface area contributed by atoms with Crippen molar-refractivity contribution < 1.29 is 9.50 Å². The SMILES string of the molecule is CC(C)c1cc(C(O)C2CC2)ccc1F. The van der Waals surface area contributed by atoms with Gasteiger partial charge in [0, 0.05) is 0 Å². The molecule has 0 radical (unpaired) electrons. The van der Waals surface area contributed by atoms with Crippen LogP contribution in [-0.4, -0.2) is 5.11 Å². The third-order valence-electron chi connectivity index (χ3n) is 3.05. The Hall–Kier alpha value is -0.890.